The molecule has 0 aromatic rings. The largest absolute Gasteiger partial charge is 0.375 e. The van der Waals surface area contributed by atoms with Gasteiger partial charge in [0.25, 0.3) is 0 Å². The van der Waals surface area contributed by atoms with Crippen molar-refractivity contribution in [1.29, 1.82) is 0 Å². The lowest BCUT2D eigenvalue weighted by Crippen LogP contribution is -2.31. The topological polar surface area (TPSA) is 26.3 Å². The predicted octanol–water partition coefficient (Wildman–Crippen LogP) is 2.70. The van der Waals surface area contributed by atoms with Crippen molar-refractivity contribution >= 4 is 6.29 Å². The summed E-state index contributed by atoms with van der Waals surface area (Å²) in [6.07, 6.45) is 8.80. The Labute approximate surface area is 80.7 Å². The van der Waals surface area contributed by atoms with E-state index in [1.807, 2.05) is 0 Å². The minimum Gasteiger partial charge on any atom is -0.375 e. The molecule has 0 bridgehead atoms. The highest BCUT2D eigenvalue weighted by Gasteiger charge is 2.26. The number of carbonyl (C=O) groups excluding carboxylic acids is 1. The van der Waals surface area contributed by atoms with Crippen molar-refractivity contribution < 1.29 is 9.53 Å². The second-order valence-electron chi connectivity index (χ2n) is 4.17. The number of aldehydes is 1. The van der Waals surface area contributed by atoms with E-state index in [1.54, 1.807) is 0 Å². The average molecular weight is 184 g/mol. The van der Waals surface area contributed by atoms with Gasteiger partial charge in [-0.2, -0.15) is 0 Å². The van der Waals surface area contributed by atoms with Crippen molar-refractivity contribution in [2.24, 2.45) is 0 Å². The smallest absolute Gasteiger partial charge is 0.120 e. The molecule has 1 aliphatic rings. The summed E-state index contributed by atoms with van der Waals surface area (Å²) in [5.41, 5.74) is 0.112. The first-order valence-electron chi connectivity index (χ1n) is 5.34. The second kappa shape index (κ2) is 5.38. The maximum absolute atomic E-state index is 10.1. The summed E-state index contributed by atoms with van der Waals surface area (Å²) >= 11 is 0. The maximum Gasteiger partial charge on any atom is 0.120 e. The number of unbranched alkanes of at least 4 members (excludes halogenated alkanes) is 1. The second-order valence-corrected chi connectivity index (χ2v) is 4.17. The van der Waals surface area contributed by atoms with Crippen LogP contribution < -0.4 is 0 Å². The normalized spacial score (nSPS) is 21.3. The van der Waals surface area contributed by atoms with Gasteiger partial charge in [-0.3, -0.25) is 0 Å². The molecule has 2 heteroatoms. The fourth-order valence-corrected chi connectivity index (χ4v) is 1.93. The first-order chi connectivity index (χ1) is 6.27. The predicted molar refractivity (Wildman–Crippen MR) is 52.7 cm³/mol. The monoisotopic (exact) mass is 184 g/mol. The molecule has 1 saturated carbocycles. The van der Waals surface area contributed by atoms with Gasteiger partial charge in [0, 0.05) is 13.0 Å². The number of rotatable bonds is 5. The van der Waals surface area contributed by atoms with Crippen LogP contribution in [0.25, 0.3) is 0 Å². The molecule has 1 aliphatic carbocycles. The molecule has 1 rings (SSSR count). The Hall–Kier alpha value is -0.370. The molecule has 0 unspecified atom stereocenters. The van der Waals surface area contributed by atoms with Crippen molar-refractivity contribution in [3.05, 3.63) is 0 Å². The fourth-order valence-electron chi connectivity index (χ4n) is 1.93. The van der Waals surface area contributed by atoms with Crippen LogP contribution in [0.5, 0.6) is 0 Å². The molecule has 1 fully saturated rings. The van der Waals surface area contributed by atoms with Crippen LogP contribution >= 0.6 is 0 Å². The molecule has 0 saturated heterocycles. The quantitative estimate of drug-likeness (QED) is 0.485. The number of hydrogen-bond acceptors (Lipinski definition) is 2. The first kappa shape index (κ1) is 10.7. The van der Waals surface area contributed by atoms with Gasteiger partial charge >= 0.3 is 0 Å². The molecule has 0 atom stereocenters. The van der Waals surface area contributed by atoms with E-state index < -0.39 is 0 Å². The molecule has 0 aromatic carbocycles. The summed E-state index contributed by atoms with van der Waals surface area (Å²) < 4.78 is 5.81. The Balaban J connectivity index is 2.13. The Kier molecular flexibility index (Phi) is 4.43. The molecule has 2 nitrogen and oxygen atoms in total. The molecule has 0 heterocycles. The van der Waals surface area contributed by atoms with Crippen molar-refractivity contribution in [1.82, 2.24) is 0 Å². The van der Waals surface area contributed by atoms with E-state index in [9.17, 15) is 4.79 Å². The molecule has 0 spiro atoms. The lowest BCUT2D eigenvalue weighted by molar-refractivity contribution is -0.109. The van der Waals surface area contributed by atoms with Crippen LogP contribution in [0.15, 0.2) is 0 Å². The standard InChI is InChI=1S/C11H20O2/c1-11(7-3-2-4-8-11)13-10-6-5-9-12/h9H,2-8,10H2,1H3. The van der Waals surface area contributed by atoms with Gasteiger partial charge < -0.3 is 9.53 Å². The summed E-state index contributed by atoms with van der Waals surface area (Å²) in [4.78, 5) is 10.1. The third-order valence-corrected chi connectivity index (χ3v) is 2.83. The highest BCUT2D eigenvalue weighted by Crippen LogP contribution is 2.30. The van der Waals surface area contributed by atoms with Crippen molar-refractivity contribution in [2.75, 3.05) is 6.61 Å². The zero-order valence-electron chi connectivity index (χ0n) is 8.55. The van der Waals surface area contributed by atoms with E-state index in [0.717, 1.165) is 19.3 Å². The van der Waals surface area contributed by atoms with Gasteiger partial charge in [0.15, 0.2) is 0 Å². The van der Waals surface area contributed by atoms with Gasteiger partial charge in [-0.25, -0.2) is 0 Å². The number of hydrogen-bond donors (Lipinski definition) is 0. The number of carbonyl (C=O) groups is 1. The summed E-state index contributed by atoms with van der Waals surface area (Å²) in [6.45, 7) is 2.95. The molecular formula is C11H20O2. The van der Waals surface area contributed by atoms with Crippen LogP contribution in [0.3, 0.4) is 0 Å². The number of ether oxygens (including phenoxy) is 1. The van der Waals surface area contributed by atoms with Crippen LogP contribution in [0, 0.1) is 0 Å². The zero-order valence-corrected chi connectivity index (χ0v) is 8.55. The molecule has 0 radical (unpaired) electrons. The van der Waals surface area contributed by atoms with Crippen molar-refractivity contribution in [3.8, 4) is 0 Å². The molecule has 0 aliphatic heterocycles. The van der Waals surface area contributed by atoms with Crippen LogP contribution in [0.2, 0.25) is 0 Å². The zero-order chi connectivity index (χ0) is 9.57. The van der Waals surface area contributed by atoms with Gasteiger partial charge in [0.1, 0.15) is 6.29 Å². The van der Waals surface area contributed by atoms with Crippen LogP contribution in [0.1, 0.15) is 51.9 Å². The van der Waals surface area contributed by atoms with Crippen LogP contribution in [-0.2, 0) is 9.53 Å². The minimum atomic E-state index is 0.112. The highest BCUT2D eigenvalue weighted by molar-refractivity contribution is 5.48. The van der Waals surface area contributed by atoms with E-state index in [2.05, 4.69) is 6.92 Å². The van der Waals surface area contributed by atoms with E-state index in [-0.39, 0.29) is 5.60 Å². The van der Waals surface area contributed by atoms with E-state index in [0.29, 0.717) is 6.42 Å². The molecule has 76 valence electrons. The van der Waals surface area contributed by atoms with E-state index in [1.165, 1.54) is 32.1 Å². The third kappa shape index (κ3) is 3.90. The highest BCUT2D eigenvalue weighted by atomic mass is 16.5. The lowest BCUT2D eigenvalue weighted by Gasteiger charge is -2.33. The maximum atomic E-state index is 10.1. The molecule has 13 heavy (non-hydrogen) atoms. The van der Waals surface area contributed by atoms with Crippen molar-refractivity contribution in [2.45, 2.75) is 57.5 Å². The molecule has 0 amide bonds. The first-order valence-corrected chi connectivity index (χ1v) is 5.34. The van der Waals surface area contributed by atoms with Gasteiger partial charge in [0.05, 0.1) is 5.60 Å². The Morgan fingerprint density at radius 1 is 1.31 bits per heavy atom. The molecule has 0 N–H and O–H groups in total. The molecular weight excluding hydrogens is 164 g/mol. The Morgan fingerprint density at radius 3 is 2.62 bits per heavy atom. The fraction of sp³-hybridized carbons (Fsp3) is 0.909. The van der Waals surface area contributed by atoms with Crippen LogP contribution in [-0.4, -0.2) is 18.5 Å². The Bertz CT molecular complexity index is 148. The summed E-state index contributed by atoms with van der Waals surface area (Å²) in [5, 5.41) is 0. The van der Waals surface area contributed by atoms with Gasteiger partial charge in [-0.1, -0.05) is 19.3 Å². The van der Waals surface area contributed by atoms with E-state index in [4.69, 9.17) is 4.74 Å². The van der Waals surface area contributed by atoms with Gasteiger partial charge in [-0.15, -0.1) is 0 Å². The Morgan fingerprint density at radius 2 is 2.00 bits per heavy atom. The summed E-state index contributed by atoms with van der Waals surface area (Å²) in [5.74, 6) is 0. The third-order valence-electron chi connectivity index (χ3n) is 2.83. The molecule has 0 aromatic heterocycles. The van der Waals surface area contributed by atoms with Gasteiger partial charge in [0.2, 0.25) is 0 Å². The van der Waals surface area contributed by atoms with Crippen LogP contribution in [0.4, 0.5) is 0 Å². The lowest BCUT2D eigenvalue weighted by atomic mass is 9.86. The summed E-state index contributed by atoms with van der Waals surface area (Å²) in [7, 11) is 0. The average Bonchev–Trinajstić information content (AvgIpc) is 2.14. The van der Waals surface area contributed by atoms with Crippen molar-refractivity contribution in [3.63, 3.8) is 0 Å². The summed E-state index contributed by atoms with van der Waals surface area (Å²) in [6, 6.07) is 0. The minimum absolute atomic E-state index is 0.112. The van der Waals surface area contributed by atoms with Gasteiger partial charge in [-0.05, 0) is 26.2 Å². The van der Waals surface area contributed by atoms with E-state index >= 15 is 0 Å². The SMILES string of the molecule is CC1(OCCCC=O)CCCCC1.